The summed E-state index contributed by atoms with van der Waals surface area (Å²) in [5.41, 5.74) is 1.76. The second-order valence-electron chi connectivity index (χ2n) is 5.00. The predicted octanol–water partition coefficient (Wildman–Crippen LogP) is 3.69. The average Bonchev–Trinajstić information content (AvgIpc) is 2.80. The van der Waals surface area contributed by atoms with Crippen molar-refractivity contribution < 1.29 is 4.79 Å². The number of thiol groups is 1. The molecule has 2 atom stereocenters. The minimum atomic E-state index is 0.0435. The zero-order valence-corrected chi connectivity index (χ0v) is 13.2. The van der Waals surface area contributed by atoms with Gasteiger partial charge in [-0.25, -0.2) is 0 Å². The lowest BCUT2D eigenvalue weighted by atomic mass is 10.1. The van der Waals surface area contributed by atoms with E-state index >= 15 is 0 Å². The summed E-state index contributed by atoms with van der Waals surface area (Å²) in [5.74, 6) is 1.16. The molecule has 19 heavy (non-hydrogen) atoms. The molecule has 0 aromatic heterocycles. The molecular weight excluding hydrogens is 274 g/mol. The van der Waals surface area contributed by atoms with Crippen molar-refractivity contribution in [1.29, 1.82) is 0 Å². The van der Waals surface area contributed by atoms with Crippen molar-refractivity contribution in [2.75, 3.05) is 5.75 Å². The summed E-state index contributed by atoms with van der Waals surface area (Å²) in [4.78, 5) is 13.2. The molecule has 1 aliphatic rings. The van der Waals surface area contributed by atoms with Gasteiger partial charge in [-0.15, -0.1) is 12.6 Å². The lowest BCUT2D eigenvalue weighted by Crippen LogP contribution is -2.39. The van der Waals surface area contributed by atoms with Crippen LogP contribution in [0.2, 0.25) is 0 Å². The summed E-state index contributed by atoms with van der Waals surface area (Å²) in [7, 11) is 0. The van der Waals surface area contributed by atoms with Crippen LogP contribution in [-0.2, 0) is 0 Å². The predicted molar refractivity (Wildman–Crippen MR) is 85.5 cm³/mol. The zero-order chi connectivity index (χ0) is 13.8. The van der Waals surface area contributed by atoms with E-state index < -0.39 is 0 Å². The molecule has 2 nitrogen and oxygen atoms in total. The topological polar surface area (TPSA) is 29.1 Å². The summed E-state index contributed by atoms with van der Waals surface area (Å²) in [6, 6.07) is 6.04. The van der Waals surface area contributed by atoms with Gasteiger partial charge in [0.1, 0.15) is 0 Å². The van der Waals surface area contributed by atoms with Crippen molar-refractivity contribution in [3.05, 3.63) is 29.3 Å². The van der Waals surface area contributed by atoms with E-state index in [9.17, 15) is 4.79 Å². The fourth-order valence-corrected chi connectivity index (χ4v) is 4.01. The third-order valence-corrected chi connectivity index (χ3v) is 5.22. The van der Waals surface area contributed by atoms with Gasteiger partial charge < -0.3 is 5.32 Å². The molecule has 0 heterocycles. The molecule has 2 rings (SSSR count). The first-order valence-electron chi connectivity index (χ1n) is 6.84. The van der Waals surface area contributed by atoms with E-state index in [0.29, 0.717) is 11.3 Å². The lowest BCUT2D eigenvalue weighted by molar-refractivity contribution is 0.0938. The Morgan fingerprint density at radius 2 is 2.26 bits per heavy atom. The van der Waals surface area contributed by atoms with Gasteiger partial charge in [0.25, 0.3) is 5.91 Å². The minimum absolute atomic E-state index is 0.0435. The van der Waals surface area contributed by atoms with Gasteiger partial charge in [0.05, 0.1) is 0 Å². The monoisotopic (exact) mass is 295 g/mol. The summed E-state index contributed by atoms with van der Waals surface area (Å²) >= 11 is 6.27. The normalized spacial score (nSPS) is 22.5. The number of carbonyl (C=O) groups is 1. The van der Waals surface area contributed by atoms with E-state index in [0.717, 1.165) is 28.2 Å². The van der Waals surface area contributed by atoms with Crippen LogP contribution in [0.25, 0.3) is 0 Å². The maximum absolute atomic E-state index is 12.4. The van der Waals surface area contributed by atoms with Crippen LogP contribution in [0.3, 0.4) is 0 Å². The fourth-order valence-electron chi connectivity index (χ4n) is 2.61. The number of hydrogen-bond acceptors (Lipinski definition) is 3. The molecule has 0 spiro atoms. The Hall–Kier alpha value is -0.610. The van der Waals surface area contributed by atoms with Crippen LogP contribution >= 0.6 is 24.4 Å². The summed E-state index contributed by atoms with van der Waals surface area (Å²) in [6.07, 6.45) is 3.53. The smallest absolute Gasteiger partial charge is 0.251 e. The highest BCUT2D eigenvalue weighted by atomic mass is 32.2. The van der Waals surface area contributed by atoms with Crippen molar-refractivity contribution in [2.24, 2.45) is 0 Å². The SMILES string of the molecule is CCSC1CCCC1NC(=O)c1cc(S)ccc1C. The van der Waals surface area contributed by atoms with Crippen molar-refractivity contribution >= 4 is 30.3 Å². The zero-order valence-electron chi connectivity index (χ0n) is 11.5. The maximum Gasteiger partial charge on any atom is 0.251 e. The van der Waals surface area contributed by atoms with Gasteiger partial charge in [0, 0.05) is 21.8 Å². The molecule has 0 saturated heterocycles. The maximum atomic E-state index is 12.4. The van der Waals surface area contributed by atoms with E-state index in [2.05, 4.69) is 24.9 Å². The summed E-state index contributed by atoms with van der Waals surface area (Å²) in [5, 5.41) is 3.78. The third-order valence-electron chi connectivity index (χ3n) is 3.62. The Labute approximate surface area is 125 Å². The van der Waals surface area contributed by atoms with Crippen LogP contribution < -0.4 is 5.32 Å². The summed E-state index contributed by atoms with van der Waals surface area (Å²) < 4.78 is 0. The molecule has 104 valence electrons. The molecule has 1 aromatic carbocycles. The van der Waals surface area contributed by atoms with Crippen LogP contribution in [-0.4, -0.2) is 23.0 Å². The first-order chi connectivity index (χ1) is 9.11. The van der Waals surface area contributed by atoms with Crippen molar-refractivity contribution in [3.8, 4) is 0 Å². The van der Waals surface area contributed by atoms with Gasteiger partial charge in [-0.2, -0.15) is 11.8 Å². The first kappa shape index (κ1) is 14.8. The first-order valence-corrected chi connectivity index (χ1v) is 8.33. The highest BCUT2D eigenvalue weighted by Crippen LogP contribution is 2.30. The van der Waals surface area contributed by atoms with Crippen LogP contribution in [0.1, 0.15) is 42.1 Å². The number of rotatable bonds is 4. The van der Waals surface area contributed by atoms with Gasteiger partial charge in [-0.1, -0.05) is 19.4 Å². The molecular formula is C15H21NOS2. The van der Waals surface area contributed by atoms with E-state index in [1.807, 2.05) is 36.9 Å². The lowest BCUT2D eigenvalue weighted by Gasteiger charge is -2.20. The Balaban J connectivity index is 2.06. The molecule has 0 radical (unpaired) electrons. The molecule has 0 bridgehead atoms. The molecule has 1 saturated carbocycles. The molecule has 1 N–H and O–H groups in total. The fraction of sp³-hybridized carbons (Fsp3) is 0.533. The highest BCUT2D eigenvalue weighted by molar-refractivity contribution is 7.99. The van der Waals surface area contributed by atoms with Crippen LogP contribution in [0.5, 0.6) is 0 Å². The number of nitrogens with one attached hydrogen (secondary N) is 1. The van der Waals surface area contributed by atoms with Gasteiger partial charge >= 0.3 is 0 Å². The number of thioether (sulfide) groups is 1. The highest BCUT2D eigenvalue weighted by Gasteiger charge is 2.28. The number of amides is 1. The molecule has 0 aliphatic heterocycles. The second-order valence-corrected chi connectivity index (χ2v) is 7.04. The van der Waals surface area contributed by atoms with E-state index in [4.69, 9.17) is 0 Å². The number of carbonyl (C=O) groups excluding carboxylic acids is 1. The molecule has 2 unspecified atom stereocenters. The number of benzene rings is 1. The molecule has 4 heteroatoms. The Morgan fingerprint density at radius 1 is 1.47 bits per heavy atom. The molecule has 1 amide bonds. The number of hydrogen-bond donors (Lipinski definition) is 2. The van der Waals surface area contributed by atoms with E-state index in [1.54, 1.807) is 0 Å². The van der Waals surface area contributed by atoms with Gasteiger partial charge in [-0.3, -0.25) is 4.79 Å². The van der Waals surface area contributed by atoms with Gasteiger partial charge in [0.15, 0.2) is 0 Å². The third kappa shape index (κ3) is 3.69. The van der Waals surface area contributed by atoms with E-state index in [1.165, 1.54) is 12.8 Å². The van der Waals surface area contributed by atoms with Gasteiger partial charge in [0.2, 0.25) is 0 Å². The largest absolute Gasteiger partial charge is 0.348 e. The van der Waals surface area contributed by atoms with E-state index in [-0.39, 0.29) is 5.91 Å². The average molecular weight is 295 g/mol. The Bertz CT molecular complexity index is 461. The van der Waals surface area contributed by atoms with Crippen molar-refractivity contribution in [2.45, 2.75) is 49.3 Å². The van der Waals surface area contributed by atoms with Crippen molar-refractivity contribution in [1.82, 2.24) is 5.32 Å². The molecule has 1 aliphatic carbocycles. The summed E-state index contributed by atoms with van der Waals surface area (Å²) in [6.45, 7) is 4.14. The van der Waals surface area contributed by atoms with Crippen LogP contribution in [0, 0.1) is 6.92 Å². The van der Waals surface area contributed by atoms with Crippen LogP contribution in [0.15, 0.2) is 23.1 Å². The Kier molecular flexibility index (Phi) is 5.22. The Morgan fingerprint density at radius 3 is 3.00 bits per heavy atom. The standard InChI is InChI=1S/C15H21NOS2/c1-3-19-14-6-4-5-13(14)16-15(17)12-9-11(18)8-7-10(12)2/h7-9,13-14,18H,3-6H2,1-2H3,(H,16,17). The molecule has 1 aromatic rings. The van der Waals surface area contributed by atoms with Gasteiger partial charge in [-0.05, 0) is 43.2 Å². The number of aryl methyl sites for hydroxylation is 1. The second kappa shape index (κ2) is 6.71. The van der Waals surface area contributed by atoms with Crippen LogP contribution in [0.4, 0.5) is 0 Å². The quantitative estimate of drug-likeness (QED) is 0.830. The van der Waals surface area contributed by atoms with Crippen molar-refractivity contribution in [3.63, 3.8) is 0 Å². The minimum Gasteiger partial charge on any atom is -0.348 e. The molecule has 1 fully saturated rings.